The first-order chi connectivity index (χ1) is 10.1. The van der Waals surface area contributed by atoms with E-state index in [0.29, 0.717) is 11.6 Å². The Morgan fingerprint density at radius 2 is 2.05 bits per heavy atom. The Labute approximate surface area is 132 Å². The molecule has 0 aliphatic carbocycles. The molecular weight excluding hydrogens is 334 g/mol. The smallest absolute Gasteiger partial charge is 0.227 e. The summed E-state index contributed by atoms with van der Waals surface area (Å²) in [4.78, 5) is 8.88. The monoisotopic (exact) mass is 351 g/mol. The molecule has 0 aliphatic heterocycles. The summed E-state index contributed by atoms with van der Waals surface area (Å²) in [5.74, 6) is 3.52. The molecule has 1 heterocycles. The van der Waals surface area contributed by atoms with E-state index in [1.54, 1.807) is 7.11 Å². The zero-order valence-electron chi connectivity index (χ0n) is 12.5. The van der Waals surface area contributed by atoms with E-state index in [1.807, 2.05) is 39.1 Å². The number of ether oxygens (including phenoxy) is 2. The van der Waals surface area contributed by atoms with Crippen molar-refractivity contribution < 1.29 is 9.47 Å². The van der Waals surface area contributed by atoms with E-state index in [9.17, 15) is 0 Å². The number of hydrogen-bond acceptors (Lipinski definition) is 5. The lowest BCUT2D eigenvalue weighted by atomic mass is 10.3. The van der Waals surface area contributed by atoms with Crippen LogP contribution in [0, 0.1) is 6.92 Å². The maximum absolute atomic E-state index is 5.93. The number of aromatic nitrogens is 2. The number of nitrogens with one attached hydrogen (secondary N) is 1. The second-order valence-electron chi connectivity index (χ2n) is 4.42. The van der Waals surface area contributed by atoms with Crippen LogP contribution >= 0.6 is 15.9 Å². The second kappa shape index (κ2) is 6.76. The fourth-order valence-corrected chi connectivity index (χ4v) is 2.28. The van der Waals surface area contributed by atoms with Crippen LogP contribution in [-0.4, -0.2) is 24.1 Å². The molecule has 2 aromatic rings. The highest BCUT2D eigenvalue weighted by Gasteiger charge is 2.13. The van der Waals surface area contributed by atoms with Crippen molar-refractivity contribution >= 4 is 21.7 Å². The molecule has 0 saturated carbocycles. The number of benzene rings is 1. The lowest BCUT2D eigenvalue weighted by Crippen LogP contribution is -2.04. The first kappa shape index (κ1) is 15.6. The van der Waals surface area contributed by atoms with E-state index < -0.39 is 0 Å². The van der Waals surface area contributed by atoms with E-state index in [0.717, 1.165) is 33.8 Å². The van der Waals surface area contributed by atoms with Crippen molar-refractivity contribution in [1.82, 2.24) is 9.97 Å². The second-order valence-corrected chi connectivity index (χ2v) is 5.27. The van der Waals surface area contributed by atoms with Gasteiger partial charge < -0.3 is 14.8 Å². The van der Waals surface area contributed by atoms with Crippen LogP contribution in [0.1, 0.15) is 18.3 Å². The molecule has 0 aliphatic rings. The molecule has 2 rings (SSSR count). The predicted octanol–water partition coefficient (Wildman–Crippen LogP) is 3.95. The zero-order chi connectivity index (χ0) is 15.4. The molecule has 1 N–H and O–H groups in total. The average molecular weight is 352 g/mol. The summed E-state index contributed by atoms with van der Waals surface area (Å²) in [5, 5.41) is 3.07. The lowest BCUT2D eigenvalue weighted by Gasteiger charge is -2.13. The normalized spacial score (nSPS) is 10.3. The largest absolute Gasteiger partial charge is 0.497 e. The minimum absolute atomic E-state index is 0.553. The molecule has 0 unspecified atom stereocenters. The Morgan fingerprint density at radius 1 is 1.29 bits per heavy atom. The molecule has 0 bridgehead atoms. The zero-order valence-corrected chi connectivity index (χ0v) is 14.1. The molecule has 1 aromatic heterocycles. The Kier molecular flexibility index (Phi) is 5.01. The van der Waals surface area contributed by atoms with Crippen molar-refractivity contribution in [3.63, 3.8) is 0 Å². The molecule has 0 amide bonds. The number of nitrogens with zero attached hydrogens (tertiary/aromatic N) is 2. The first-order valence-corrected chi connectivity index (χ1v) is 7.45. The molecule has 21 heavy (non-hydrogen) atoms. The maximum atomic E-state index is 5.93. The quantitative estimate of drug-likeness (QED) is 0.883. The molecule has 5 nitrogen and oxygen atoms in total. The maximum Gasteiger partial charge on any atom is 0.227 e. The summed E-state index contributed by atoms with van der Waals surface area (Å²) < 4.78 is 11.9. The number of methoxy groups -OCH3 is 1. The Bertz CT molecular complexity index is 647. The molecule has 0 radical (unpaired) electrons. The summed E-state index contributed by atoms with van der Waals surface area (Å²) in [6.45, 7) is 3.94. The summed E-state index contributed by atoms with van der Waals surface area (Å²) in [5.41, 5.74) is 0.873. The third-order valence-corrected chi connectivity index (χ3v) is 3.67. The van der Waals surface area contributed by atoms with Crippen molar-refractivity contribution in [3.05, 3.63) is 34.1 Å². The Hall–Kier alpha value is -1.82. The lowest BCUT2D eigenvalue weighted by molar-refractivity contribution is 0.411. The standard InChI is InChI=1S/C15H18BrN3O2/c1-5-13-18-14(17-3)9(2)15(19-13)21-12-7-6-10(20-4)8-11(12)16/h6-8H,5H2,1-4H3,(H,17,18,19). The van der Waals surface area contributed by atoms with E-state index in [4.69, 9.17) is 9.47 Å². The van der Waals surface area contributed by atoms with Gasteiger partial charge in [0.25, 0.3) is 0 Å². The van der Waals surface area contributed by atoms with E-state index in [1.165, 1.54) is 0 Å². The summed E-state index contributed by atoms with van der Waals surface area (Å²) in [7, 11) is 3.46. The number of rotatable bonds is 5. The minimum Gasteiger partial charge on any atom is -0.497 e. The third kappa shape index (κ3) is 3.44. The minimum atomic E-state index is 0.553. The predicted molar refractivity (Wildman–Crippen MR) is 86.5 cm³/mol. The molecule has 1 aromatic carbocycles. The summed E-state index contributed by atoms with van der Waals surface area (Å²) in [6.07, 6.45) is 0.745. The molecule has 0 atom stereocenters. The van der Waals surface area contributed by atoms with E-state index in [2.05, 4.69) is 31.2 Å². The average Bonchev–Trinajstić information content (AvgIpc) is 2.50. The topological polar surface area (TPSA) is 56.3 Å². The Morgan fingerprint density at radius 3 is 2.62 bits per heavy atom. The third-order valence-electron chi connectivity index (χ3n) is 3.05. The summed E-state index contributed by atoms with van der Waals surface area (Å²) in [6, 6.07) is 5.54. The molecule has 112 valence electrons. The van der Waals surface area contributed by atoms with Gasteiger partial charge in [-0.1, -0.05) is 6.92 Å². The van der Waals surface area contributed by atoms with Crippen LogP contribution in [0.5, 0.6) is 17.4 Å². The first-order valence-electron chi connectivity index (χ1n) is 6.65. The van der Waals surface area contributed by atoms with Crippen LogP contribution in [0.4, 0.5) is 5.82 Å². The van der Waals surface area contributed by atoms with Crippen molar-refractivity contribution in [3.8, 4) is 17.4 Å². The number of halogens is 1. The van der Waals surface area contributed by atoms with Gasteiger partial charge in [-0.25, -0.2) is 4.98 Å². The van der Waals surface area contributed by atoms with Crippen molar-refractivity contribution in [2.24, 2.45) is 0 Å². The van der Waals surface area contributed by atoms with Crippen LogP contribution < -0.4 is 14.8 Å². The van der Waals surface area contributed by atoms with Gasteiger partial charge in [-0.2, -0.15) is 4.98 Å². The highest BCUT2D eigenvalue weighted by atomic mass is 79.9. The van der Waals surface area contributed by atoms with E-state index in [-0.39, 0.29) is 0 Å². The molecular formula is C15H18BrN3O2. The van der Waals surface area contributed by atoms with Crippen LogP contribution in [0.15, 0.2) is 22.7 Å². The van der Waals surface area contributed by atoms with Gasteiger partial charge >= 0.3 is 0 Å². The van der Waals surface area contributed by atoms with Gasteiger partial charge in [0, 0.05) is 13.5 Å². The van der Waals surface area contributed by atoms with Crippen LogP contribution in [-0.2, 0) is 6.42 Å². The highest BCUT2D eigenvalue weighted by molar-refractivity contribution is 9.10. The number of aryl methyl sites for hydroxylation is 1. The van der Waals surface area contributed by atoms with Gasteiger partial charge in [-0.15, -0.1) is 0 Å². The van der Waals surface area contributed by atoms with Gasteiger partial charge in [0.2, 0.25) is 5.88 Å². The van der Waals surface area contributed by atoms with E-state index >= 15 is 0 Å². The Balaban J connectivity index is 2.39. The van der Waals surface area contributed by atoms with Crippen molar-refractivity contribution in [2.75, 3.05) is 19.5 Å². The van der Waals surface area contributed by atoms with Crippen LogP contribution in [0.3, 0.4) is 0 Å². The van der Waals surface area contributed by atoms with Gasteiger partial charge in [0.1, 0.15) is 23.1 Å². The fraction of sp³-hybridized carbons (Fsp3) is 0.333. The van der Waals surface area contributed by atoms with Gasteiger partial charge in [0.05, 0.1) is 17.1 Å². The van der Waals surface area contributed by atoms with Crippen molar-refractivity contribution in [2.45, 2.75) is 20.3 Å². The molecule has 6 heteroatoms. The summed E-state index contributed by atoms with van der Waals surface area (Å²) >= 11 is 3.48. The SMILES string of the molecule is CCc1nc(NC)c(C)c(Oc2ccc(OC)cc2Br)n1. The molecule has 0 fully saturated rings. The number of anilines is 1. The van der Waals surface area contributed by atoms with Crippen LogP contribution in [0.25, 0.3) is 0 Å². The van der Waals surface area contributed by atoms with Gasteiger partial charge in [-0.05, 0) is 41.1 Å². The number of hydrogen-bond donors (Lipinski definition) is 1. The van der Waals surface area contributed by atoms with Gasteiger partial charge in [0.15, 0.2) is 0 Å². The van der Waals surface area contributed by atoms with Crippen LogP contribution in [0.2, 0.25) is 0 Å². The van der Waals surface area contributed by atoms with Gasteiger partial charge in [-0.3, -0.25) is 0 Å². The molecule has 0 saturated heterocycles. The van der Waals surface area contributed by atoms with Crippen molar-refractivity contribution in [1.29, 1.82) is 0 Å². The molecule has 0 spiro atoms. The highest BCUT2D eigenvalue weighted by Crippen LogP contribution is 2.34. The fourth-order valence-electron chi connectivity index (χ4n) is 1.84.